The van der Waals surface area contributed by atoms with Crippen molar-refractivity contribution < 1.29 is 0 Å². The molecule has 0 atom stereocenters. The first-order chi connectivity index (χ1) is 11.1. The summed E-state index contributed by atoms with van der Waals surface area (Å²) in [5, 5.41) is 3.28. The molecule has 0 aliphatic heterocycles. The summed E-state index contributed by atoms with van der Waals surface area (Å²) >= 11 is 8.93. The number of aromatic nitrogens is 3. The van der Waals surface area contributed by atoms with E-state index in [0.717, 1.165) is 22.4 Å². The molecule has 1 N–H and O–H groups in total. The average molecular weight is 389 g/mol. The molecule has 118 valence electrons. The first-order valence-corrected chi connectivity index (χ1v) is 8.48. The summed E-state index contributed by atoms with van der Waals surface area (Å²) in [6.07, 6.45) is 0. The van der Waals surface area contributed by atoms with Crippen LogP contribution < -0.4 is 0 Å². The normalized spacial score (nSPS) is 11.1. The molecule has 0 fully saturated rings. The number of nitrogens with one attached hydrogen (secondary N) is 1. The van der Waals surface area contributed by atoms with Crippen LogP contribution in [-0.4, -0.2) is 26.7 Å². The van der Waals surface area contributed by atoms with Crippen molar-refractivity contribution in [1.82, 2.24) is 19.7 Å². The van der Waals surface area contributed by atoms with Crippen LogP contribution in [0, 0.1) is 4.77 Å². The van der Waals surface area contributed by atoms with Crippen molar-refractivity contribution in [3.05, 3.63) is 69.4 Å². The fourth-order valence-corrected chi connectivity index (χ4v) is 3.08. The van der Waals surface area contributed by atoms with E-state index in [1.807, 2.05) is 35.0 Å². The topological polar surface area (TPSA) is 36.9 Å². The zero-order chi connectivity index (χ0) is 16.2. The highest BCUT2D eigenvalue weighted by Crippen LogP contribution is 2.24. The number of benzene rings is 2. The molecule has 2 aromatic carbocycles. The minimum Gasteiger partial charge on any atom is -0.283 e. The van der Waals surface area contributed by atoms with Crippen LogP contribution in [0.15, 0.2) is 59.1 Å². The highest BCUT2D eigenvalue weighted by Gasteiger charge is 2.09. The van der Waals surface area contributed by atoms with Crippen LogP contribution in [0.2, 0.25) is 0 Å². The largest absolute Gasteiger partial charge is 0.283 e. The van der Waals surface area contributed by atoms with Crippen molar-refractivity contribution in [2.24, 2.45) is 0 Å². The van der Waals surface area contributed by atoms with Gasteiger partial charge in [-0.3, -0.25) is 10.00 Å². The molecule has 3 aromatic rings. The van der Waals surface area contributed by atoms with Gasteiger partial charge in [0.1, 0.15) is 0 Å². The van der Waals surface area contributed by atoms with Gasteiger partial charge in [0.15, 0.2) is 5.82 Å². The number of aromatic amines is 1. The van der Waals surface area contributed by atoms with Gasteiger partial charge in [0.2, 0.25) is 4.77 Å². The molecule has 0 amide bonds. The van der Waals surface area contributed by atoms with Gasteiger partial charge in [0, 0.05) is 16.6 Å². The lowest BCUT2D eigenvalue weighted by atomic mass is 10.2. The van der Waals surface area contributed by atoms with Gasteiger partial charge in [-0.15, -0.1) is 0 Å². The number of rotatable bonds is 5. The van der Waals surface area contributed by atoms with Crippen molar-refractivity contribution in [2.75, 3.05) is 7.05 Å². The van der Waals surface area contributed by atoms with Crippen LogP contribution >= 0.6 is 28.1 Å². The van der Waals surface area contributed by atoms with Crippen LogP contribution in [0.4, 0.5) is 0 Å². The standard InChI is InChI=1S/C17H17BrN4S/c1-21(11-13-7-3-2-4-8-13)12-22-17(23)19-16(20-22)14-9-5-6-10-15(14)18/h2-10H,11-12H2,1H3,(H,19,20,23). The predicted molar refractivity (Wildman–Crippen MR) is 98.5 cm³/mol. The number of H-pyrrole nitrogens is 1. The molecule has 0 aliphatic rings. The Balaban J connectivity index is 1.77. The van der Waals surface area contributed by atoms with Crippen molar-refractivity contribution in [1.29, 1.82) is 0 Å². The molecule has 3 rings (SSSR count). The van der Waals surface area contributed by atoms with E-state index in [4.69, 9.17) is 12.2 Å². The summed E-state index contributed by atoms with van der Waals surface area (Å²) in [5.41, 5.74) is 2.27. The van der Waals surface area contributed by atoms with E-state index in [-0.39, 0.29) is 0 Å². The Morgan fingerprint density at radius 3 is 2.57 bits per heavy atom. The minimum atomic E-state index is 0.552. The van der Waals surface area contributed by atoms with Crippen LogP contribution in [0.25, 0.3) is 11.4 Å². The summed E-state index contributed by atoms with van der Waals surface area (Å²) < 4.78 is 3.43. The number of hydrogen-bond donors (Lipinski definition) is 1. The van der Waals surface area contributed by atoms with Gasteiger partial charge in [-0.05, 0) is 30.9 Å². The molecule has 0 spiro atoms. The average Bonchev–Trinajstić information content (AvgIpc) is 2.89. The third-order valence-electron chi connectivity index (χ3n) is 3.49. The van der Waals surface area contributed by atoms with E-state index in [9.17, 15) is 0 Å². The van der Waals surface area contributed by atoms with Gasteiger partial charge in [-0.1, -0.05) is 64.5 Å². The minimum absolute atomic E-state index is 0.552. The molecule has 0 radical (unpaired) electrons. The Morgan fingerprint density at radius 2 is 1.83 bits per heavy atom. The second-order valence-electron chi connectivity index (χ2n) is 5.40. The summed E-state index contributed by atoms with van der Waals surface area (Å²) in [6.45, 7) is 1.51. The summed E-state index contributed by atoms with van der Waals surface area (Å²) in [6, 6.07) is 18.3. The first kappa shape index (κ1) is 16.1. The molecule has 6 heteroatoms. The van der Waals surface area contributed by atoms with E-state index in [2.05, 4.69) is 62.2 Å². The fourth-order valence-electron chi connectivity index (χ4n) is 2.41. The van der Waals surface area contributed by atoms with E-state index in [0.29, 0.717) is 11.4 Å². The molecular formula is C17H17BrN4S. The summed E-state index contributed by atoms with van der Waals surface area (Å²) in [4.78, 5) is 6.65. The highest BCUT2D eigenvalue weighted by atomic mass is 79.9. The van der Waals surface area contributed by atoms with Gasteiger partial charge < -0.3 is 0 Å². The number of halogens is 1. The van der Waals surface area contributed by atoms with E-state index in [1.165, 1.54) is 5.56 Å². The maximum absolute atomic E-state index is 5.38. The molecule has 0 unspecified atom stereocenters. The lowest BCUT2D eigenvalue weighted by molar-refractivity contribution is 0.244. The summed E-state index contributed by atoms with van der Waals surface area (Å²) in [5.74, 6) is 0.774. The summed E-state index contributed by atoms with van der Waals surface area (Å²) in [7, 11) is 2.06. The molecule has 0 saturated carbocycles. The first-order valence-electron chi connectivity index (χ1n) is 7.28. The lowest BCUT2D eigenvalue weighted by Gasteiger charge is -2.16. The Hall–Kier alpha value is -1.76. The van der Waals surface area contributed by atoms with Crippen molar-refractivity contribution >= 4 is 28.1 Å². The predicted octanol–water partition coefficient (Wildman–Crippen LogP) is 4.46. The van der Waals surface area contributed by atoms with E-state index in [1.54, 1.807) is 0 Å². The Bertz CT molecular complexity index is 841. The maximum Gasteiger partial charge on any atom is 0.217 e. The van der Waals surface area contributed by atoms with Crippen molar-refractivity contribution in [3.63, 3.8) is 0 Å². The zero-order valence-corrected chi connectivity index (χ0v) is 15.1. The maximum atomic E-state index is 5.38. The molecule has 1 heterocycles. The number of hydrogen-bond acceptors (Lipinski definition) is 3. The Labute approximate surface area is 148 Å². The van der Waals surface area contributed by atoms with Gasteiger partial charge >= 0.3 is 0 Å². The third kappa shape index (κ3) is 3.96. The SMILES string of the molecule is CN(Cc1ccccc1)Cn1[nH]c(-c2ccccc2Br)nc1=S. The van der Waals surface area contributed by atoms with Gasteiger partial charge in [0.05, 0.1) is 6.67 Å². The molecule has 4 nitrogen and oxygen atoms in total. The second kappa shape index (κ2) is 7.21. The van der Waals surface area contributed by atoms with E-state index >= 15 is 0 Å². The van der Waals surface area contributed by atoms with Gasteiger partial charge in [-0.25, -0.2) is 4.68 Å². The van der Waals surface area contributed by atoms with E-state index < -0.39 is 0 Å². The molecule has 1 aromatic heterocycles. The third-order valence-corrected chi connectivity index (χ3v) is 4.49. The van der Waals surface area contributed by atoms with Crippen molar-refractivity contribution in [3.8, 4) is 11.4 Å². The van der Waals surface area contributed by atoms with Crippen molar-refractivity contribution in [2.45, 2.75) is 13.2 Å². The smallest absolute Gasteiger partial charge is 0.217 e. The zero-order valence-electron chi connectivity index (χ0n) is 12.7. The van der Waals surface area contributed by atoms with Crippen LogP contribution in [0.1, 0.15) is 5.56 Å². The second-order valence-corrected chi connectivity index (χ2v) is 6.62. The lowest BCUT2D eigenvalue weighted by Crippen LogP contribution is -2.22. The quantitative estimate of drug-likeness (QED) is 0.655. The monoisotopic (exact) mass is 388 g/mol. The fraction of sp³-hybridized carbons (Fsp3) is 0.176. The van der Waals surface area contributed by atoms with Crippen LogP contribution in [-0.2, 0) is 13.2 Å². The van der Waals surface area contributed by atoms with Crippen LogP contribution in [0.5, 0.6) is 0 Å². The van der Waals surface area contributed by atoms with Crippen LogP contribution in [0.3, 0.4) is 0 Å². The van der Waals surface area contributed by atoms with Gasteiger partial charge in [-0.2, -0.15) is 4.98 Å². The molecule has 0 saturated heterocycles. The van der Waals surface area contributed by atoms with Gasteiger partial charge in [0.25, 0.3) is 0 Å². The highest BCUT2D eigenvalue weighted by molar-refractivity contribution is 9.10. The number of nitrogens with zero attached hydrogens (tertiary/aromatic N) is 3. The Kier molecular flexibility index (Phi) is 5.05. The molecule has 0 aliphatic carbocycles. The molecule has 0 bridgehead atoms. The molecule has 23 heavy (non-hydrogen) atoms. The Morgan fingerprint density at radius 1 is 1.13 bits per heavy atom. The molecular weight excluding hydrogens is 372 g/mol.